The third kappa shape index (κ3) is 6.06. The maximum atomic E-state index is 13.6. The van der Waals surface area contributed by atoms with Crippen LogP contribution >= 0.6 is 0 Å². The number of carbonyl (C=O) groups is 1. The highest BCUT2D eigenvalue weighted by Gasteiger charge is 2.53. The van der Waals surface area contributed by atoms with Crippen LogP contribution in [0.5, 0.6) is 17.2 Å². The number of hydrogen-bond acceptors (Lipinski definition) is 8. The molecule has 202 valence electrons. The van der Waals surface area contributed by atoms with Crippen molar-refractivity contribution in [1.82, 2.24) is 15.4 Å². The molecule has 1 saturated heterocycles. The van der Waals surface area contributed by atoms with E-state index in [1.807, 2.05) is 17.0 Å². The molecule has 0 aliphatic carbocycles. The Morgan fingerprint density at radius 3 is 2.08 bits per heavy atom. The Bertz CT molecular complexity index is 1340. The first-order valence-corrected chi connectivity index (χ1v) is 13.0. The smallest absolute Gasteiger partial charge is 0.457 e. The third-order valence-electron chi connectivity index (χ3n) is 6.23. The molecule has 0 saturated carbocycles. The molecule has 0 atom stereocenters. The van der Waals surface area contributed by atoms with Gasteiger partial charge in [-0.15, -0.1) is 13.2 Å². The number of hydrogen-bond donors (Lipinski definition) is 2. The van der Waals surface area contributed by atoms with E-state index in [1.54, 1.807) is 12.3 Å². The van der Waals surface area contributed by atoms with Crippen LogP contribution in [0.25, 0.3) is 0 Å². The van der Waals surface area contributed by atoms with Gasteiger partial charge in [0.25, 0.3) is 5.91 Å². The van der Waals surface area contributed by atoms with E-state index in [9.17, 15) is 31.6 Å². The second-order valence-electron chi connectivity index (χ2n) is 8.63. The highest BCUT2D eigenvalue weighted by molar-refractivity contribution is 7.93. The summed E-state index contributed by atoms with van der Waals surface area (Å²) < 4.78 is 71.8. The summed E-state index contributed by atoms with van der Waals surface area (Å²) in [6.45, 7) is 1.07. The third-order valence-corrected chi connectivity index (χ3v) is 8.75. The molecule has 1 fully saturated rings. The second kappa shape index (κ2) is 11.0. The van der Waals surface area contributed by atoms with E-state index in [0.29, 0.717) is 19.6 Å². The topological polar surface area (TPSA) is 118 Å². The summed E-state index contributed by atoms with van der Waals surface area (Å²) >= 11 is 0. The fourth-order valence-corrected chi connectivity index (χ4v) is 6.23. The minimum atomic E-state index is -4.82. The number of likely N-dealkylation sites (tertiary alicyclic amines) is 1. The molecule has 0 radical (unpaired) electrons. The van der Waals surface area contributed by atoms with Gasteiger partial charge in [-0.25, -0.2) is 13.9 Å². The predicted molar refractivity (Wildman–Crippen MR) is 128 cm³/mol. The first-order valence-electron chi connectivity index (χ1n) is 11.5. The van der Waals surface area contributed by atoms with Crippen molar-refractivity contribution in [1.29, 1.82) is 0 Å². The molecule has 3 aromatic rings. The van der Waals surface area contributed by atoms with E-state index in [0.717, 1.165) is 17.8 Å². The quantitative estimate of drug-likeness (QED) is 0.318. The molecule has 1 aromatic heterocycles. The predicted octanol–water partition coefficient (Wildman–Crippen LogP) is 4.09. The van der Waals surface area contributed by atoms with Gasteiger partial charge in [0, 0.05) is 25.8 Å². The van der Waals surface area contributed by atoms with Gasteiger partial charge in [0.05, 0.1) is 10.6 Å². The zero-order valence-electron chi connectivity index (χ0n) is 19.9. The molecule has 13 heteroatoms. The fraction of sp³-hybridized carbons (Fsp3) is 0.280. The molecule has 9 nitrogen and oxygen atoms in total. The number of nitrogens with one attached hydrogen (secondary N) is 1. The van der Waals surface area contributed by atoms with Gasteiger partial charge in [-0.05, 0) is 73.5 Å². The Morgan fingerprint density at radius 1 is 0.974 bits per heavy atom. The van der Waals surface area contributed by atoms with Gasteiger partial charge in [-0.2, -0.15) is 0 Å². The van der Waals surface area contributed by atoms with Crippen molar-refractivity contribution >= 4 is 15.7 Å². The largest absolute Gasteiger partial charge is 0.573 e. The van der Waals surface area contributed by atoms with Crippen molar-refractivity contribution < 1.29 is 41.1 Å². The second-order valence-corrected chi connectivity index (χ2v) is 10.9. The highest BCUT2D eigenvalue weighted by Crippen LogP contribution is 2.37. The van der Waals surface area contributed by atoms with Crippen LogP contribution in [-0.4, -0.2) is 53.6 Å². The molecule has 1 aliphatic rings. The lowest BCUT2D eigenvalue weighted by Crippen LogP contribution is -2.57. The number of halogens is 3. The molecule has 0 bridgehead atoms. The van der Waals surface area contributed by atoms with Crippen LogP contribution in [0.2, 0.25) is 0 Å². The maximum absolute atomic E-state index is 13.6. The van der Waals surface area contributed by atoms with Crippen LogP contribution in [0, 0.1) is 0 Å². The van der Waals surface area contributed by atoms with Crippen molar-refractivity contribution in [2.24, 2.45) is 0 Å². The lowest BCUT2D eigenvalue weighted by atomic mass is 9.94. The maximum Gasteiger partial charge on any atom is 0.573 e. The summed E-state index contributed by atoms with van der Waals surface area (Å²) in [5.74, 6) is -0.993. The lowest BCUT2D eigenvalue weighted by Gasteiger charge is -2.39. The minimum Gasteiger partial charge on any atom is -0.457 e. The standard InChI is InChI=1S/C25H24F3N3O6S/c26-25(27,28)37-21-6-4-19(5-7-21)36-20-8-10-22(11-9-20)38(34,35)24(23(32)30-33)12-15-31(16-13-24)17-18-3-1-2-14-29-18/h1-11,14,33H,12-13,15-17H2,(H,30,32). The van der Waals surface area contributed by atoms with Gasteiger partial charge in [0.1, 0.15) is 17.2 Å². The monoisotopic (exact) mass is 551 g/mol. The summed E-state index contributed by atoms with van der Waals surface area (Å²) in [6.07, 6.45) is -3.24. The Hall–Kier alpha value is -3.68. The number of pyridine rings is 1. The molecule has 0 unspecified atom stereocenters. The van der Waals surface area contributed by atoms with E-state index < -0.39 is 32.6 Å². The normalized spacial score (nSPS) is 16.0. The van der Waals surface area contributed by atoms with Crippen LogP contribution in [0.1, 0.15) is 18.5 Å². The number of hydroxylamine groups is 1. The van der Waals surface area contributed by atoms with Crippen LogP contribution in [0.4, 0.5) is 13.2 Å². The van der Waals surface area contributed by atoms with E-state index in [2.05, 4.69) is 9.72 Å². The molecular weight excluding hydrogens is 527 g/mol. The highest BCUT2D eigenvalue weighted by atomic mass is 32.2. The van der Waals surface area contributed by atoms with Crippen LogP contribution in [-0.2, 0) is 21.2 Å². The molecule has 2 aromatic carbocycles. The fourth-order valence-electron chi connectivity index (χ4n) is 4.27. The lowest BCUT2D eigenvalue weighted by molar-refractivity contribution is -0.274. The van der Waals surface area contributed by atoms with Gasteiger partial charge in [0.2, 0.25) is 0 Å². The van der Waals surface area contributed by atoms with Crippen molar-refractivity contribution in [2.75, 3.05) is 13.1 Å². The molecule has 4 rings (SSSR count). The molecule has 38 heavy (non-hydrogen) atoms. The Kier molecular flexibility index (Phi) is 7.90. The molecule has 1 aliphatic heterocycles. The summed E-state index contributed by atoms with van der Waals surface area (Å²) in [5.41, 5.74) is 2.34. The average molecular weight is 552 g/mol. The summed E-state index contributed by atoms with van der Waals surface area (Å²) in [6, 6.07) is 15.5. The molecule has 2 N–H and O–H groups in total. The average Bonchev–Trinajstić information content (AvgIpc) is 2.90. The number of piperidine rings is 1. The van der Waals surface area contributed by atoms with Crippen LogP contribution in [0.3, 0.4) is 0 Å². The number of nitrogens with zero attached hydrogens (tertiary/aromatic N) is 2. The molecule has 1 amide bonds. The molecule has 0 spiro atoms. The zero-order valence-corrected chi connectivity index (χ0v) is 20.7. The SMILES string of the molecule is O=C(NO)C1(S(=O)(=O)c2ccc(Oc3ccc(OC(F)(F)F)cc3)cc2)CCN(Cc2ccccn2)CC1. The van der Waals surface area contributed by atoms with E-state index >= 15 is 0 Å². The van der Waals surface area contributed by atoms with Crippen molar-refractivity contribution in [3.05, 3.63) is 78.6 Å². The number of alkyl halides is 3. The number of ether oxygens (including phenoxy) is 2. The molecule has 2 heterocycles. The summed E-state index contributed by atoms with van der Waals surface area (Å²) in [7, 11) is -4.24. The van der Waals surface area contributed by atoms with Gasteiger partial charge in [-0.3, -0.25) is 19.9 Å². The number of carbonyl (C=O) groups excluding carboxylic acids is 1. The number of amides is 1. The Balaban J connectivity index is 1.48. The van der Waals surface area contributed by atoms with E-state index in [-0.39, 0.29) is 29.2 Å². The van der Waals surface area contributed by atoms with E-state index in [4.69, 9.17) is 4.74 Å². The van der Waals surface area contributed by atoms with Gasteiger partial charge >= 0.3 is 6.36 Å². The first kappa shape index (κ1) is 27.4. The molecular formula is C25H24F3N3O6S. The minimum absolute atomic E-state index is 0.0425. The van der Waals surface area contributed by atoms with Crippen molar-refractivity contribution in [3.8, 4) is 17.2 Å². The van der Waals surface area contributed by atoms with Gasteiger partial charge in [0.15, 0.2) is 14.6 Å². The first-order chi connectivity index (χ1) is 18.0. The number of sulfone groups is 1. The van der Waals surface area contributed by atoms with Gasteiger partial charge < -0.3 is 9.47 Å². The van der Waals surface area contributed by atoms with Crippen molar-refractivity contribution in [3.63, 3.8) is 0 Å². The summed E-state index contributed by atoms with van der Waals surface area (Å²) in [4.78, 5) is 18.8. The number of rotatable bonds is 8. The zero-order chi connectivity index (χ0) is 27.4. The van der Waals surface area contributed by atoms with Crippen LogP contribution in [0.15, 0.2) is 77.8 Å². The van der Waals surface area contributed by atoms with E-state index in [1.165, 1.54) is 41.9 Å². The Labute approximate surface area is 216 Å². The van der Waals surface area contributed by atoms with Gasteiger partial charge in [-0.1, -0.05) is 6.07 Å². The Morgan fingerprint density at radius 2 is 1.55 bits per heavy atom. The van der Waals surface area contributed by atoms with Crippen molar-refractivity contribution in [2.45, 2.75) is 35.4 Å². The number of benzene rings is 2. The van der Waals surface area contributed by atoms with Crippen LogP contribution < -0.4 is 15.0 Å². The number of aromatic nitrogens is 1. The summed E-state index contributed by atoms with van der Waals surface area (Å²) in [5, 5.41) is 9.37.